The van der Waals surface area contributed by atoms with E-state index in [1.54, 1.807) is 18.2 Å². The van der Waals surface area contributed by atoms with Crippen molar-refractivity contribution in [2.24, 2.45) is 0 Å². The maximum Gasteiger partial charge on any atom is 0.416 e. The Bertz CT molecular complexity index is 617. The van der Waals surface area contributed by atoms with Crippen molar-refractivity contribution in [3.8, 4) is 0 Å². The van der Waals surface area contributed by atoms with Gasteiger partial charge in [-0.15, -0.1) is 0 Å². The second-order valence-electron chi connectivity index (χ2n) is 4.03. The van der Waals surface area contributed by atoms with Crippen LogP contribution in [0, 0.1) is 0 Å². The molecule has 0 saturated heterocycles. The summed E-state index contributed by atoms with van der Waals surface area (Å²) in [5.74, 6) is 0. The fourth-order valence-corrected chi connectivity index (χ4v) is 2.21. The summed E-state index contributed by atoms with van der Waals surface area (Å²) in [5, 5.41) is 2.91. The number of nitrogens with zero attached hydrogens (tertiary/aromatic N) is 1. The van der Waals surface area contributed by atoms with Crippen LogP contribution in [-0.2, 0) is 12.7 Å². The van der Waals surface area contributed by atoms with E-state index in [9.17, 15) is 13.2 Å². The van der Waals surface area contributed by atoms with Gasteiger partial charge in [0.1, 0.15) is 4.60 Å². The van der Waals surface area contributed by atoms with E-state index < -0.39 is 11.7 Å². The smallest absolute Gasteiger partial charge is 0.379 e. The molecule has 1 aromatic carbocycles. The zero-order chi connectivity index (χ0) is 14.8. The van der Waals surface area contributed by atoms with Crippen molar-refractivity contribution < 1.29 is 13.2 Å². The first-order chi connectivity index (χ1) is 9.34. The van der Waals surface area contributed by atoms with Gasteiger partial charge in [-0.3, -0.25) is 0 Å². The first-order valence-corrected chi connectivity index (χ1v) is 6.75. The molecule has 0 aliphatic carbocycles. The van der Waals surface area contributed by atoms with Crippen molar-refractivity contribution in [1.29, 1.82) is 0 Å². The lowest BCUT2D eigenvalue weighted by molar-refractivity contribution is -0.137. The van der Waals surface area contributed by atoms with Crippen LogP contribution in [0.25, 0.3) is 0 Å². The normalized spacial score (nSPS) is 11.4. The van der Waals surface area contributed by atoms with Gasteiger partial charge in [0.25, 0.3) is 0 Å². The predicted molar refractivity (Wildman–Crippen MR) is 75.7 cm³/mol. The third-order valence-corrected chi connectivity index (χ3v) is 3.13. The summed E-state index contributed by atoms with van der Waals surface area (Å²) in [7, 11) is 0. The van der Waals surface area contributed by atoms with Crippen LogP contribution >= 0.6 is 27.5 Å². The van der Waals surface area contributed by atoms with Crippen molar-refractivity contribution in [2.45, 2.75) is 12.7 Å². The molecular formula is C13H9BrClF3N2. The molecule has 7 heteroatoms. The summed E-state index contributed by atoms with van der Waals surface area (Å²) in [6.45, 7) is 0.303. The molecule has 0 bridgehead atoms. The zero-order valence-electron chi connectivity index (χ0n) is 10.0. The number of hydrogen-bond donors (Lipinski definition) is 1. The number of hydrogen-bond acceptors (Lipinski definition) is 2. The molecule has 2 nitrogen and oxygen atoms in total. The summed E-state index contributed by atoms with van der Waals surface area (Å²) < 4.78 is 38.6. The second kappa shape index (κ2) is 6.01. The van der Waals surface area contributed by atoms with E-state index in [0.29, 0.717) is 22.5 Å². The average Bonchev–Trinajstić information content (AvgIpc) is 2.35. The molecule has 0 fully saturated rings. The minimum atomic E-state index is -4.42. The fraction of sp³-hybridized carbons (Fsp3) is 0.154. The number of benzene rings is 1. The molecular weight excluding hydrogens is 357 g/mol. The lowest BCUT2D eigenvalue weighted by Gasteiger charge is -2.11. The molecule has 2 aromatic rings. The zero-order valence-corrected chi connectivity index (χ0v) is 12.4. The molecule has 0 aliphatic heterocycles. The Labute approximate surface area is 127 Å². The minimum Gasteiger partial charge on any atom is -0.379 e. The summed E-state index contributed by atoms with van der Waals surface area (Å²) >= 11 is 8.93. The van der Waals surface area contributed by atoms with Crippen LogP contribution in [0.1, 0.15) is 11.3 Å². The molecule has 0 amide bonds. The van der Waals surface area contributed by atoms with E-state index in [2.05, 4.69) is 26.2 Å². The van der Waals surface area contributed by atoms with Gasteiger partial charge >= 0.3 is 6.18 Å². The topological polar surface area (TPSA) is 24.9 Å². The Kier molecular flexibility index (Phi) is 4.55. The molecule has 106 valence electrons. The van der Waals surface area contributed by atoms with Crippen molar-refractivity contribution in [3.63, 3.8) is 0 Å². The summed E-state index contributed by atoms with van der Waals surface area (Å²) in [4.78, 5) is 4.18. The first-order valence-electron chi connectivity index (χ1n) is 5.58. The fourth-order valence-electron chi connectivity index (χ4n) is 1.60. The molecule has 0 radical (unpaired) electrons. The Balaban J connectivity index is 2.16. The number of aromatic nitrogens is 1. The number of alkyl halides is 3. The van der Waals surface area contributed by atoms with Crippen molar-refractivity contribution >= 4 is 33.2 Å². The lowest BCUT2D eigenvalue weighted by Crippen LogP contribution is -2.07. The molecule has 1 aromatic heterocycles. The lowest BCUT2D eigenvalue weighted by atomic mass is 10.2. The number of halogens is 5. The number of anilines is 1. The Hall–Kier alpha value is -1.27. The summed E-state index contributed by atoms with van der Waals surface area (Å²) in [6.07, 6.45) is -4.42. The average molecular weight is 366 g/mol. The van der Waals surface area contributed by atoms with Gasteiger partial charge in [0.05, 0.1) is 17.8 Å². The summed E-state index contributed by atoms with van der Waals surface area (Å²) in [5.41, 5.74) is 0.217. The van der Waals surface area contributed by atoms with Gasteiger partial charge in [0.15, 0.2) is 0 Å². The number of nitrogens with one attached hydrogen (secondary N) is 1. The van der Waals surface area contributed by atoms with Crippen LogP contribution in [0.15, 0.2) is 41.0 Å². The highest BCUT2D eigenvalue weighted by Crippen LogP contribution is 2.33. The van der Waals surface area contributed by atoms with Crippen LogP contribution in [0.3, 0.4) is 0 Å². The molecule has 1 N–H and O–H groups in total. The highest BCUT2D eigenvalue weighted by Gasteiger charge is 2.31. The second-order valence-corrected chi connectivity index (χ2v) is 5.28. The van der Waals surface area contributed by atoms with E-state index in [4.69, 9.17) is 11.6 Å². The standard InChI is InChI=1S/C13H9BrClF3N2/c14-12-3-1-2-10(20-12)7-19-11-5-8(13(16,17)18)4-9(15)6-11/h1-6,19H,7H2. The van der Waals surface area contributed by atoms with Crippen molar-refractivity contribution in [3.05, 3.63) is 57.3 Å². The van der Waals surface area contributed by atoms with Crippen LogP contribution < -0.4 is 5.32 Å². The van der Waals surface area contributed by atoms with Crippen LogP contribution in [-0.4, -0.2) is 4.98 Å². The van der Waals surface area contributed by atoms with E-state index in [1.165, 1.54) is 6.07 Å². The maximum absolute atomic E-state index is 12.7. The first kappa shape index (κ1) is 15.1. The van der Waals surface area contributed by atoms with Gasteiger partial charge in [0, 0.05) is 10.7 Å². The van der Waals surface area contributed by atoms with Gasteiger partial charge in [-0.25, -0.2) is 4.98 Å². The van der Waals surface area contributed by atoms with Crippen LogP contribution in [0.5, 0.6) is 0 Å². The highest BCUT2D eigenvalue weighted by atomic mass is 79.9. The number of pyridine rings is 1. The monoisotopic (exact) mass is 364 g/mol. The molecule has 0 atom stereocenters. The molecule has 0 spiro atoms. The van der Waals surface area contributed by atoms with E-state index in [0.717, 1.165) is 12.1 Å². The van der Waals surface area contributed by atoms with Crippen molar-refractivity contribution in [1.82, 2.24) is 4.98 Å². The van der Waals surface area contributed by atoms with E-state index in [-0.39, 0.29) is 5.02 Å². The van der Waals surface area contributed by atoms with Crippen LogP contribution in [0.2, 0.25) is 5.02 Å². The quantitative estimate of drug-likeness (QED) is 0.763. The van der Waals surface area contributed by atoms with E-state index in [1.807, 2.05) is 0 Å². The van der Waals surface area contributed by atoms with Crippen molar-refractivity contribution in [2.75, 3.05) is 5.32 Å². The predicted octanol–water partition coefficient (Wildman–Crippen LogP) is 5.13. The Morgan fingerprint density at radius 2 is 1.95 bits per heavy atom. The van der Waals surface area contributed by atoms with Gasteiger partial charge in [-0.1, -0.05) is 17.7 Å². The highest BCUT2D eigenvalue weighted by molar-refractivity contribution is 9.10. The Morgan fingerprint density at radius 1 is 1.20 bits per heavy atom. The molecule has 0 saturated carbocycles. The van der Waals surface area contributed by atoms with Gasteiger partial charge in [0.2, 0.25) is 0 Å². The maximum atomic E-state index is 12.7. The molecule has 0 unspecified atom stereocenters. The SMILES string of the molecule is FC(F)(F)c1cc(Cl)cc(NCc2cccc(Br)n2)c1. The molecule has 1 heterocycles. The van der Waals surface area contributed by atoms with E-state index >= 15 is 0 Å². The largest absolute Gasteiger partial charge is 0.416 e. The van der Waals surface area contributed by atoms with Gasteiger partial charge < -0.3 is 5.32 Å². The molecule has 20 heavy (non-hydrogen) atoms. The third-order valence-electron chi connectivity index (χ3n) is 2.47. The minimum absolute atomic E-state index is 0.0320. The van der Waals surface area contributed by atoms with Gasteiger partial charge in [-0.2, -0.15) is 13.2 Å². The molecule has 2 rings (SSSR count). The van der Waals surface area contributed by atoms with Gasteiger partial charge in [-0.05, 0) is 46.3 Å². The number of rotatable bonds is 3. The van der Waals surface area contributed by atoms with Crippen LogP contribution in [0.4, 0.5) is 18.9 Å². The third kappa shape index (κ3) is 4.11. The summed E-state index contributed by atoms with van der Waals surface area (Å²) in [6, 6.07) is 8.69. The molecule has 0 aliphatic rings. The Morgan fingerprint density at radius 3 is 2.60 bits per heavy atom.